The Balaban J connectivity index is 1.71. The number of aliphatic hydroxyl groups excluding tert-OH is 1. The third-order valence-electron chi connectivity index (χ3n) is 6.16. The lowest BCUT2D eigenvalue weighted by Gasteiger charge is -2.25. The number of aryl methyl sites for hydroxylation is 3. The number of Topliss-reactive ketones (excluding diaryl/α,β-unsaturated/α-hetero) is 1. The van der Waals surface area contributed by atoms with Gasteiger partial charge >= 0.3 is 0 Å². The molecule has 1 unspecified atom stereocenters. The first-order chi connectivity index (χ1) is 17.2. The molecular weight excluding hydrogens is 480 g/mol. The molecule has 1 amide bonds. The van der Waals surface area contributed by atoms with Gasteiger partial charge in [-0.05, 0) is 67.8 Å². The maximum atomic E-state index is 13.6. The Morgan fingerprint density at radius 1 is 1.06 bits per heavy atom. The summed E-state index contributed by atoms with van der Waals surface area (Å²) in [6.45, 7) is 5.67. The quantitative estimate of drug-likeness (QED) is 0.340. The normalized spacial score (nSPS) is 15.8. The number of anilines is 1. The van der Waals surface area contributed by atoms with Gasteiger partial charge in [0.25, 0.3) is 5.91 Å². The van der Waals surface area contributed by atoms with Gasteiger partial charge in [0.15, 0.2) is 28.1 Å². The second-order valence-corrected chi connectivity index (χ2v) is 9.63. The van der Waals surface area contributed by atoms with Crippen LogP contribution in [0.5, 0.6) is 11.5 Å². The number of ether oxygens (including phenoxy) is 2. The van der Waals surface area contributed by atoms with E-state index in [1.807, 2.05) is 26.0 Å². The summed E-state index contributed by atoms with van der Waals surface area (Å²) >= 11 is 1.32. The minimum absolute atomic E-state index is 0.0324. The number of carbonyl (C=O) groups is 2. The smallest absolute Gasteiger partial charge is 0.296 e. The lowest BCUT2D eigenvalue weighted by molar-refractivity contribution is -0.117. The number of furan rings is 1. The summed E-state index contributed by atoms with van der Waals surface area (Å²) in [6, 6.07) is 11.4. The van der Waals surface area contributed by atoms with Crippen LogP contribution in [-0.4, -0.2) is 36.0 Å². The maximum absolute atomic E-state index is 13.6. The van der Waals surface area contributed by atoms with Crippen molar-refractivity contribution < 1.29 is 28.6 Å². The van der Waals surface area contributed by atoms with E-state index in [1.54, 1.807) is 31.2 Å². The van der Waals surface area contributed by atoms with Crippen LogP contribution in [0, 0.1) is 20.8 Å². The molecule has 1 N–H and O–H groups in total. The SMILES string of the molecule is COc1ccc(C2C(C(=O)c3ccc(C)o3)=C(O)C(=O)N2c2nc3c(C)cc(C)cc3s2)cc1OC. The number of amides is 1. The molecule has 2 aromatic carbocycles. The van der Waals surface area contributed by atoms with Crippen LogP contribution in [0.1, 0.15) is 39.0 Å². The lowest BCUT2D eigenvalue weighted by Crippen LogP contribution is -2.31. The van der Waals surface area contributed by atoms with Crippen LogP contribution < -0.4 is 14.4 Å². The highest BCUT2D eigenvalue weighted by Crippen LogP contribution is 2.46. The van der Waals surface area contributed by atoms with Crippen molar-refractivity contribution in [1.29, 1.82) is 0 Å². The zero-order valence-electron chi connectivity index (χ0n) is 20.4. The van der Waals surface area contributed by atoms with Crippen LogP contribution in [-0.2, 0) is 4.79 Å². The number of ketones is 1. The Kier molecular flexibility index (Phi) is 5.80. The van der Waals surface area contributed by atoms with Crippen molar-refractivity contribution in [2.75, 3.05) is 19.1 Å². The first kappa shape index (κ1) is 23.6. The Bertz CT molecular complexity index is 1560. The van der Waals surface area contributed by atoms with Gasteiger partial charge in [0.1, 0.15) is 5.76 Å². The highest BCUT2D eigenvalue weighted by Gasteiger charge is 2.46. The average Bonchev–Trinajstić information content (AvgIpc) is 3.54. The van der Waals surface area contributed by atoms with Crippen molar-refractivity contribution in [2.24, 2.45) is 0 Å². The van der Waals surface area contributed by atoms with Gasteiger partial charge in [-0.25, -0.2) is 4.98 Å². The number of methoxy groups -OCH3 is 2. The first-order valence-corrected chi connectivity index (χ1v) is 12.0. The summed E-state index contributed by atoms with van der Waals surface area (Å²) in [5.74, 6) is -0.444. The summed E-state index contributed by atoms with van der Waals surface area (Å²) < 4.78 is 17.3. The zero-order valence-corrected chi connectivity index (χ0v) is 21.2. The number of aliphatic hydroxyl groups is 1. The highest BCUT2D eigenvalue weighted by molar-refractivity contribution is 7.22. The van der Waals surface area contributed by atoms with Crippen molar-refractivity contribution in [3.8, 4) is 11.5 Å². The number of carbonyl (C=O) groups excluding carboxylic acids is 2. The summed E-state index contributed by atoms with van der Waals surface area (Å²) in [5.41, 5.74) is 3.27. The Hall–Kier alpha value is -4.11. The topological polar surface area (TPSA) is 102 Å². The summed E-state index contributed by atoms with van der Waals surface area (Å²) in [4.78, 5) is 33.2. The number of thiazole rings is 1. The lowest BCUT2D eigenvalue weighted by atomic mass is 9.95. The number of aromatic nitrogens is 1. The predicted octanol–water partition coefficient (Wildman–Crippen LogP) is 5.61. The predicted molar refractivity (Wildman–Crippen MR) is 136 cm³/mol. The largest absolute Gasteiger partial charge is 0.503 e. The number of fused-ring (bicyclic) bond motifs is 1. The van der Waals surface area contributed by atoms with Crippen molar-refractivity contribution in [3.05, 3.63) is 82.0 Å². The standard InChI is InChI=1S/C27H24N2O6S/c1-13-10-14(2)22-20(11-13)36-27(28-22)29-23(16-7-9-17(33-4)19(12-16)34-5)21(25(31)26(29)32)24(30)18-8-6-15(3)35-18/h6-12,23,31H,1-5H3. The Labute approximate surface area is 211 Å². The van der Waals surface area contributed by atoms with E-state index in [4.69, 9.17) is 18.9 Å². The first-order valence-electron chi connectivity index (χ1n) is 11.2. The molecule has 5 rings (SSSR count). The molecule has 0 bridgehead atoms. The van der Waals surface area contributed by atoms with E-state index in [1.165, 1.54) is 36.5 Å². The fourth-order valence-electron chi connectivity index (χ4n) is 4.52. The minimum atomic E-state index is -0.961. The third-order valence-corrected chi connectivity index (χ3v) is 7.17. The molecule has 8 nitrogen and oxygen atoms in total. The molecule has 36 heavy (non-hydrogen) atoms. The number of rotatable bonds is 6. The van der Waals surface area contributed by atoms with E-state index in [9.17, 15) is 14.7 Å². The summed E-state index contributed by atoms with van der Waals surface area (Å²) in [6.07, 6.45) is 0. The molecule has 0 fully saturated rings. The van der Waals surface area contributed by atoms with Crippen LogP contribution in [0.2, 0.25) is 0 Å². The van der Waals surface area contributed by atoms with E-state index < -0.39 is 23.5 Å². The summed E-state index contributed by atoms with van der Waals surface area (Å²) in [5, 5.41) is 11.4. The van der Waals surface area contributed by atoms with E-state index in [0.717, 1.165) is 21.3 Å². The van der Waals surface area contributed by atoms with E-state index >= 15 is 0 Å². The van der Waals surface area contributed by atoms with Gasteiger partial charge in [-0.2, -0.15) is 0 Å². The molecule has 3 heterocycles. The summed E-state index contributed by atoms with van der Waals surface area (Å²) in [7, 11) is 3.02. The zero-order chi connectivity index (χ0) is 25.7. The maximum Gasteiger partial charge on any atom is 0.296 e. The van der Waals surface area contributed by atoms with Gasteiger partial charge in [0.2, 0.25) is 5.78 Å². The number of benzene rings is 2. The van der Waals surface area contributed by atoms with Gasteiger partial charge in [-0.15, -0.1) is 0 Å². The number of hydrogen-bond donors (Lipinski definition) is 1. The van der Waals surface area contributed by atoms with Gasteiger partial charge in [0.05, 0.1) is 36.1 Å². The van der Waals surface area contributed by atoms with Crippen molar-refractivity contribution in [1.82, 2.24) is 4.98 Å². The van der Waals surface area contributed by atoms with Crippen LogP contribution in [0.25, 0.3) is 10.2 Å². The average molecular weight is 505 g/mol. The molecule has 0 aliphatic carbocycles. The molecule has 9 heteroatoms. The molecule has 0 spiro atoms. The number of nitrogens with zero attached hydrogens (tertiary/aromatic N) is 2. The molecule has 0 saturated heterocycles. The Morgan fingerprint density at radius 3 is 2.47 bits per heavy atom. The van der Waals surface area contributed by atoms with Crippen LogP contribution >= 0.6 is 11.3 Å². The van der Waals surface area contributed by atoms with Gasteiger partial charge < -0.3 is 19.0 Å². The van der Waals surface area contributed by atoms with Crippen molar-refractivity contribution in [2.45, 2.75) is 26.8 Å². The van der Waals surface area contributed by atoms with Gasteiger partial charge in [0, 0.05) is 0 Å². The molecule has 1 atom stereocenters. The van der Waals surface area contributed by atoms with Crippen LogP contribution in [0.4, 0.5) is 5.13 Å². The minimum Gasteiger partial charge on any atom is -0.503 e. The second-order valence-electron chi connectivity index (χ2n) is 8.62. The van der Waals surface area contributed by atoms with Crippen molar-refractivity contribution in [3.63, 3.8) is 0 Å². The number of hydrogen-bond acceptors (Lipinski definition) is 8. The molecule has 0 radical (unpaired) electrons. The Morgan fingerprint density at radius 2 is 1.81 bits per heavy atom. The fourth-order valence-corrected chi connectivity index (χ4v) is 5.69. The molecule has 1 aliphatic rings. The van der Waals surface area contributed by atoms with Crippen LogP contribution in [0.3, 0.4) is 0 Å². The highest BCUT2D eigenvalue weighted by atomic mass is 32.1. The molecule has 184 valence electrons. The van der Waals surface area contributed by atoms with Crippen LogP contribution in [0.15, 0.2) is 58.2 Å². The van der Waals surface area contributed by atoms with Gasteiger partial charge in [-0.1, -0.05) is 23.5 Å². The molecule has 1 aliphatic heterocycles. The molecular formula is C27H24N2O6S. The monoisotopic (exact) mass is 504 g/mol. The van der Waals surface area contributed by atoms with Crippen molar-refractivity contribution >= 4 is 38.4 Å². The second kappa shape index (κ2) is 8.83. The molecule has 4 aromatic rings. The third kappa shape index (κ3) is 3.72. The molecule has 0 saturated carbocycles. The van der Waals surface area contributed by atoms with E-state index in [2.05, 4.69) is 0 Å². The van der Waals surface area contributed by atoms with E-state index in [0.29, 0.717) is 28.0 Å². The molecule has 2 aromatic heterocycles. The van der Waals surface area contributed by atoms with Gasteiger partial charge in [-0.3, -0.25) is 14.5 Å². The fraction of sp³-hybridized carbons (Fsp3) is 0.222. The van der Waals surface area contributed by atoms with E-state index in [-0.39, 0.29) is 11.3 Å².